The van der Waals surface area contributed by atoms with Crippen molar-refractivity contribution in [2.75, 3.05) is 46.3 Å². The maximum Gasteiger partial charge on any atom is 0.254 e. The summed E-state index contributed by atoms with van der Waals surface area (Å²) in [6.07, 6.45) is 1.66. The van der Waals surface area contributed by atoms with Crippen molar-refractivity contribution in [3.05, 3.63) is 30.1 Å². The summed E-state index contributed by atoms with van der Waals surface area (Å²) < 4.78 is 0. The van der Waals surface area contributed by atoms with E-state index in [4.69, 9.17) is 0 Å². The van der Waals surface area contributed by atoms with E-state index < -0.39 is 0 Å². The zero-order chi connectivity index (χ0) is 15.1. The first kappa shape index (κ1) is 13.7. The largest absolute Gasteiger partial charge is 0.345 e. The minimum atomic E-state index is 0.127. The lowest BCUT2D eigenvalue weighted by Crippen LogP contribution is -2.63. The normalized spacial score (nSPS) is 21.2. The summed E-state index contributed by atoms with van der Waals surface area (Å²) in [7, 11) is 2.17. The smallest absolute Gasteiger partial charge is 0.254 e. The average Bonchev–Trinajstić information content (AvgIpc) is 2.95. The number of hydrogen-bond acceptors (Lipinski definition) is 4. The molecule has 0 spiro atoms. The monoisotopic (exact) mass is 299 g/mol. The molecule has 2 aliphatic rings. The van der Waals surface area contributed by atoms with E-state index in [2.05, 4.69) is 26.8 Å². The fourth-order valence-corrected chi connectivity index (χ4v) is 3.29. The standard InChI is InChI=1S/C16H21N5O/c1-19-4-6-20(7-5-19)13-9-21(10-13)16(22)12-2-3-14-15(8-12)18-11-17-14/h2-3,8,11,13H,4-7,9-10H2,1H3,(H,17,18). The van der Waals surface area contributed by atoms with Crippen LogP contribution in [0.4, 0.5) is 0 Å². The molecule has 2 fully saturated rings. The minimum absolute atomic E-state index is 0.127. The molecule has 0 bridgehead atoms. The van der Waals surface area contributed by atoms with Crippen LogP contribution in [0.1, 0.15) is 10.4 Å². The Morgan fingerprint density at radius 1 is 1.23 bits per heavy atom. The van der Waals surface area contributed by atoms with Crippen LogP contribution in [0.25, 0.3) is 11.0 Å². The highest BCUT2D eigenvalue weighted by atomic mass is 16.2. The number of imidazole rings is 1. The number of piperazine rings is 1. The van der Waals surface area contributed by atoms with E-state index in [0.29, 0.717) is 6.04 Å². The molecule has 0 radical (unpaired) electrons. The van der Waals surface area contributed by atoms with Gasteiger partial charge in [0.15, 0.2) is 0 Å². The van der Waals surface area contributed by atoms with Crippen LogP contribution >= 0.6 is 0 Å². The fraction of sp³-hybridized carbons (Fsp3) is 0.500. The lowest BCUT2D eigenvalue weighted by Gasteiger charge is -2.47. The van der Waals surface area contributed by atoms with Crippen LogP contribution in [-0.4, -0.2) is 82.9 Å². The van der Waals surface area contributed by atoms with Crippen LogP contribution in [0, 0.1) is 0 Å². The lowest BCUT2D eigenvalue weighted by molar-refractivity contribution is 0.0110. The van der Waals surface area contributed by atoms with Crippen LogP contribution in [0.2, 0.25) is 0 Å². The molecule has 4 rings (SSSR count). The number of likely N-dealkylation sites (N-methyl/N-ethyl adjacent to an activating group) is 1. The van der Waals surface area contributed by atoms with Gasteiger partial charge in [-0.05, 0) is 25.2 Å². The van der Waals surface area contributed by atoms with E-state index >= 15 is 0 Å². The van der Waals surface area contributed by atoms with Gasteiger partial charge in [0, 0.05) is 50.9 Å². The molecule has 0 aliphatic carbocycles. The number of aromatic amines is 1. The molecule has 2 saturated heterocycles. The number of amides is 1. The van der Waals surface area contributed by atoms with Gasteiger partial charge in [0.25, 0.3) is 5.91 Å². The van der Waals surface area contributed by atoms with Crippen molar-refractivity contribution in [2.24, 2.45) is 0 Å². The Bertz CT molecular complexity index is 683. The molecular weight excluding hydrogens is 278 g/mol. The van der Waals surface area contributed by atoms with Crippen LogP contribution in [-0.2, 0) is 0 Å². The Hall–Kier alpha value is -1.92. The van der Waals surface area contributed by atoms with Gasteiger partial charge in [-0.1, -0.05) is 0 Å². The third kappa shape index (κ3) is 2.38. The van der Waals surface area contributed by atoms with Crippen LogP contribution in [0.15, 0.2) is 24.5 Å². The maximum atomic E-state index is 12.5. The summed E-state index contributed by atoms with van der Waals surface area (Å²) in [6.45, 7) is 6.18. The number of nitrogens with one attached hydrogen (secondary N) is 1. The van der Waals surface area contributed by atoms with E-state index in [1.165, 1.54) is 0 Å². The van der Waals surface area contributed by atoms with E-state index in [1.807, 2.05) is 23.1 Å². The number of carbonyl (C=O) groups is 1. The topological polar surface area (TPSA) is 55.5 Å². The molecule has 116 valence electrons. The van der Waals surface area contributed by atoms with Crippen molar-refractivity contribution in [3.63, 3.8) is 0 Å². The molecule has 0 saturated carbocycles. The molecule has 1 aromatic heterocycles. The minimum Gasteiger partial charge on any atom is -0.345 e. The van der Waals surface area contributed by atoms with Gasteiger partial charge in [0.2, 0.25) is 0 Å². The molecule has 0 unspecified atom stereocenters. The van der Waals surface area contributed by atoms with Gasteiger partial charge in [0.1, 0.15) is 0 Å². The summed E-state index contributed by atoms with van der Waals surface area (Å²) in [5.74, 6) is 0.127. The Kier molecular flexibility index (Phi) is 3.35. The van der Waals surface area contributed by atoms with Gasteiger partial charge in [0.05, 0.1) is 17.4 Å². The molecule has 6 heteroatoms. The van der Waals surface area contributed by atoms with Crippen LogP contribution in [0.5, 0.6) is 0 Å². The summed E-state index contributed by atoms with van der Waals surface area (Å²) in [5.41, 5.74) is 2.56. The summed E-state index contributed by atoms with van der Waals surface area (Å²) in [6, 6.07) is 6.20. The number of likely N-dealkylation sites (tertiary alicyclic amines) is 1. The second kappa shape index (κ2) is 5.37. The number of nitrogens with zero attached hydrogens (tertiary/aromatic N) is 4. The van der Waals surface area contributed by atoms with E-state index in [1.54, 1.807) is 6.33 Å². The molecule has 3 heterocycles. The molecule has 0 atom stereocenters. The molecule has 22 heavy (non-hydrogen) atoms. The first-order valence-electron chi connectivity index (χ1n) is 7.86. The van der Waals surface area contributed by atoms with Crippen LogP contribution < -0.4 is 0 Å². The summed E-state index contributed by atoms with van der Waals surface area (Å²) >= 11 is 0. The maximum absolute atomic E-state index is 12.5. The van der Waals surface area contributed by atoms with Crippen molar-refractivity contribution < 1.29 is 4.79 Å². The number of aromatic nitrogens is 2. The van der Waals surface area contributed by atoms with Crippen molar-refractivity contribution in [1.29, 1.82) is 0 Å². The number of carbonyl (C=O) groups excluding carboxylic acids is 1. The van der Waals surface area contributed by atoms with Gasteiger partial charge < -0.3 is 14.8 Å². The van der Waals surface area contributed by atoms with Gasteiger partial charge in [-0.15, -0.1) is 0 Å². The van der Waals surface area contributed by atoms with Crippen molar-refractivity contribution in [1.82, 2.24) is 24.7 Å². The first-order chi connectivity index (χ1) is 10.7. The van der Waals surface area contributed by atoms with E-state index in [-0.39, 0.29) is 5.91 Å². The van der Waals surface area contributed by atoms with Crippen molar-refractivity contribution in [2.45, 2.75) is 6.04 Å². The predicted octanol–water partition coefficient (Wildman–Crippen LogP) is 0.635. The highest BCUT2D eigenvalue weighted by Crippen LogP contribution is 2.20. The second-order valence-corrected chi connectivity index (χ2v) is 6.34. The predicted molar refractivity (Wildman–Crippen MR) is 84.9 cm³/mol. The molecule has 1 aromatic carbocycles. The first-order valence-corrected chi connectivity index (χ1v) is 7.86. The third-order valence-electron chi connectivity index (χ3n) is 4.87. The number of rotatable bonds is 2. The van der Waals surface area contributed by atoms with Crippen LogP contribution in [0.3, 0.4) is 0 Å². The Morgan fingerprint density at radius 2 is 2.00 bits per heavy atom. The lowest BCUT2D eigenvalue weighted by atomic mass is 10.0. The Balaban J connectivity index is 1.38. The van der Waals surface area contributed by atoms with Gasteiger partial charge in [-0.3, -0.25) is 9.69 Å². The van der Waals surface area contributed by atoms with E-state index in [9.17, 15) is 4.79 Å². The van der Waals surface area contributed by atoms with Gasteiger partial charge >= 0.3 is 0 Å². The van der Waals surface area contributed by atoms with E-state index in [0.717, 1.165) is 55.9 Å². The molecule has 2 aromatic rings. The Labute approximate surface area is 129 Å². The van der Waals surface area contributed by atoms with Crippen molar-refractivity contribution >= 4 is 16.9 Å². The zero-order valence-electron chi connectivity index (χ0n) is 12.8. The van der Waals surface area contributed by atoms with Gasteiger partial charge in [-0.2, -0.15) is 0 Å². The number of fused-ring (bicyclic) bond motifs is 1. The number of H-pyrrole nitrogens is 1. The molecule has 2 aliphatic heterocycles. The number of hydrogen-bond donors (Lipinski definition) is 1. The summed E-state index contributed by atoms with van der Waals surface area (Å²) in [5, 5.41) is 0. The zero-order valence-corrected chi connectivity index (χ0v) is 12.8. The fourth-order valence-electron chi connectivity index (χ4n) is 3.29. The highest BCUT2D eigenvalue weighted by molar-refractivity contribution is 5.97. The molecule has 1 amide bonds. The summed E-state index contributed by atoms with van der Waals surface area (Å²) in [4.78, 5) is 26.6. The second-order valence-electron chi connectivity index (χ2n) is 6.34. The quantitative estimate of drug-likeness (QED) is 0.884. The van der Waals surface area contributed by atoms with Gasteiger partial charge in [-0.25, -0.2) is 4.98 Å². The Morgan fingerprint density at radius 3 is 2.77 bits per heavy atom. The third-order valence-corrected chi connectivity index (χ3v) is 4.87. The molecule has 6 nitrogen and oxygen atoms in total. The average molecular weight is 299 g/mol. The molecular formula is C16H21N5O. The molecule has 1 N–H and O–H groups in total. The van der Waals surface area contributed by atoms with Crippen molar-refractivity contribution in [3.8, 4) is 0 Å². The SMILES string of the molecule is CN1CCN(C2CN(C(=O)c3ccc4nc[nH]c4c3)C2)CC1. The highest BCUT2D eigenvalue weighted by Gasteiger charge is 2.36. The number of benzene rings is 1.